The maximum Gasteiger partial charge on any atom is 0.251 e. The molecule has 0 saturated heterocycles. The van der Waals surface area contributed by atoms with E-state index in [1.54, 1.807) is 61.6 Å². The van der Waals surface area contributed by atoms with Crippen molar-refractivity contribution in [3.05, 3.63) is 101 Å². The number of hydrogen-bond acceptors (Lipinski definition) is 3. The first-order valence-corrected chi connectivity index (χ1v) is 11.6. The lowest BCUT2D eigenvalue weighted by Crippen LogP contribution is -2.27. The molecule has 6 heteroatoms. The van der Waals surface area contributed by atoms with Crippen LogP contribution in [0.5, 0.6) is 0 Å². The first-order chi connectivity index (χ1) is 14.7. The summed E-state index contributed by atoms with van der Waals surface area (Å²) < 4.78 is 26.7. The zero-order chi connectivity index (χ0) is 22.6. The van der Waals surface area contributed by atoms with Gasteiger partial charge in [-0.1, -0.05) is 48.5 Å². The van der Waals surface area contributed by atoms with Crippen LogP contribution in [0.1, 0.15) is 45.6 Å². The van der Waals surface area contributed by atoms with Crippen LogP contribution >= 0.6 is 0 Å². The second kappa shape index (κ2) is 9.45. The summed E-state index contributed by atoms with van der Waals surface area (Å²) in [7, 11) is -2.01. The van der Waals surface area contributed by atoms with Crippen molar-refractivity contribution in [2.24, 2.45) is 0 Å². The summed E-state index contributed by atoms with van der Waals surface area (Å²) in [5.41, 5.74) is 4.81. The molecule has 0 saturated carbocycles. The van der Waals surface area contributed by atoms with Gasteiger partial charge < -0.3 is 5.32 Å². The standard InChI is InChI=1S/C25H28N2O3S/c1-18-10-13-23(16-19(18)2)20(3)26-25(28)22-14-11-21(12-15-22)17-27(4)31(29,30)24-8-6-5-7-9-24/h5-16,20H,17H2,1-4H3,(H,26,28). The Morgan fingerprint density at radius 2 is 1.58 bits per heavy atom. The Kier molecular flexibility index (Phi) is 6.93. The van der Waals surface area contributed by atoms with E-state index in [2.05, 4.69) is 31.3 Å². The van der Waals surface area contributed by atoms with E-state index in [-0.39, 0.29) is 23.4 Å². The average molecular weight is 437 g/mol. The van der Waals surface area contributed by atoms with Crippen molar-refractivity contribution in [3.63, 3.8) is 0 Å². The molecule has 0 bridgehead atoms. The van der Waals surface area contributed by atoms with Gasteiger partial charge in [-0.3, -0.25) is 4.79 Å². The first-order valence-electron chi connectivity index (χ1n) is 10.2. The van der Waals surface area contributed by atoms with Gasteiger partial charge >= 0.3 is 0 Å². The number of amides is 1. The maximum absolute atomic E-state index is 12.7. The number of aryl methyl sites for hydroxylation is 2. The number of rotatable bonds is 7. The van der Waals surface area contributed by atoms with Crippen molar-refractivity contribution in [2.75, 3.05) is 7.05 Å². The third-order valence-electron chi connectivity index (χ3n) is 5.45. The third-order valence-corrected chi connectivity index (χ3v) is 7.27. The minimum Gasteiger partial charge on any atom is -0.346 e. The monoisotopic (exact) mass is 436 g/mol. The minimum atomic E-state index is -3.56. The van der Waals surface area contributed by atoms with Crippen LogP contribution in [0, 0.1) is 13.8 Å². The van der Waals surface area contributed by atoms with Crippen molar-refractivity contribution in [3.8, 4) is 0 Å². The smallest absolute Gasteiger partial charge is 0.251 e. The van der Waals surface area contributed by atoms with Gasteiger partial charge in [-0.25, -0.2) is 8.42 Å². The fourth-order valence-electron chi connectivity index (χ4n) is 3.27. The Balaban J connectivity index is 1.65. The fraction of sp³-hybridized carbons (Fsp3) is 0.240. The van der Waals surface area contributed by atoms with Crippen LogP contribution in [0.15, 0.2) is 77.7 Å². The van der Waals surface area contributed by atoms with E-state index in [1.807, 2.05) is 13.0 Å². The fourth-order valence-corrected chi connectivity index (χ4v) is 4.45. The highest BCUT2D eigenvalue weighted by Gasteiger charge is 2.20. The maximum atomic E-state index is 12.7. The number of carbonyl (C=O) groups excluding carboxylic acids is 1. The second-order valence-corrected chi connectivity index (χ2v) is 9.85. The van der Waals surface area contributed by atoms with E-state index in [4.69, 9.17) is 0 Å². The van der Waals surface area contributed by atoms with Crippen LogP contribution in [0.3, 0.4) is 0 Å². The lowest BCUT2D eigenvalue weighted by atomic mass is 10.0. The summed E-state index contributed by atoms with van der Waals surface area (Å²) in [6, 6.07) is 21.4. The van der Waals surface area contributed by atoms with Crippen LogP contribution in [-0.4, -0.2) is 25.7 Å². The Bertz CT molecular complexity index is 1160. The predicted molar refractivity (Wildman–Crippen MR) is 123 cm³/mol. The molecule has 5 nitrogen and oxygen atoms in total. The van der Waals surface area contributed by atoms with Gasteiger partial charge in [0.25, 0.3) is 5.91 Å². The van der Waals surface area contributed by atoms with Gasteiger partial charge in [0, 0.05) is 19.2 Å². The van der Waals surface area contributed by atoms with Crippen LogP contribution in [0.4, 0.5) is 0 Å². The van der Waals surface area contributed by atoms with Crippen molar-refractivity contribution >= 4 is 15.9 Å². The van der Waals surface area contributed by atoms with Gasteiger partial charge in [-0.15, -0.1) is 0 Å². The summed E-state index contributed by atoms with van der Waals surface area (Å²) in [4.78, 5) is 12.9. The van der Waals surface area contributed by atoms with E-state index in [1.165, 1.54) is 15.4 Å². The normalized spacial score (nSPS) is 12.5. The molecule has 0 spiro atoms. The van der Waals surface area contributed by atoms with Crippen molar-refractivity contribution in [1.29, 1.82) is 0 Å². The minimum absolute atomic E-state index is 0.117. The molecule has 0 fully saturated rings. The van der Waals surface area contributed by atoms with Gasteiger partial charge in [0.15, 0.2) is 0 Å². The molecule has 0 aliphatic carbocycles. The molecular formula is C25H28N2O3S. The van der Waals surface area contributed by atoms with Crippen molar-refractivity contribution < 1.29 is 13.2 Å². The number of nitrogens with one attached hydrogen (secondary N) is 1. The number of benzene rings is 3. The number of hydrogen-bond donors (Lipinski definition) is 1. The molecule has 3 aromatic carbocycles. The number of sulfonamides is 1. The molecule has 3 rings (SSSR count). The molecule has 1 amide bonds. The highest BCUT2D eigenvalue weighted by molar-refractivity contribution is 7.89. The topological polar surface area (TPSA) is 66.5 Å². The van der Waals surface area contributed by atoms with E-state index in [0.717, 1.165) is 11.1 Å². The zero-order valence-electron chi connectivity index (χ0n) is 18.3. The van der Waals surface area contributed by atoms with Gasteiger partial charge in [0.1, 0.15) is 0 Å². The SMILES string of the molecule is Cc1ccc(C(C)NC(=O)c2ccc(CN(C)S(=O)(=O)c3ccccc3)cc2)cc1C. The molecule has 0 aliphatic rings. The summed E-state index contributed by atoms with van der Waals surface area (Å²) in [6.45, 7) is 6.30. The van der Waals surface area contributed by atoms with Gasteiger partial charge in [0.05, 0.1) is 10.9 Å². The van der Waals surface area contributed by atoms with E-state index < -0.39 is 10.0 Å². The summed E-state index contributed by atoms with van der Waals surface area (Å²) in [5, 5.41) is 3.02. The molecule has 0 aromatic heterocycles. The molecule has 0 heterocycles. The average Bonchev–Trinajstić information content (AvgIpc) is 2.76. The zero-order valence-corrected chi connectivity index (χ0v) is 19.1. The lowest BCUT2D eigenvalue weighted by Gasteiger charge is -2.18. The van der Waals surface area contributed by atoms with Crippen LogP contribution in [0.25, 0.3) is 0 Å². The van der Waals surface area contributed by atoms with E-state index in [9.17, 15) is 13.2 Å². The quantitative estimate of drug-likeness (QED) is 0.588. The second-order valence-electron chi connectivity index (χ2n) is 7.81. The van der Waals surface area contributed by atoms with Crippen LogP contribution in [0.2, 0.25) is 0 Å². The van der Waals surface area contributed by atoms with Crippen molar-refractivity contribution in [2.45, 2.75) is 38.3 Å². The molecule has 162 valence electrons. The first kappa shape index (κ1) is 22.7. The Morgan fingerprint density at radius 3 is 2.19 bits per heavy atom. The predicted octanol–water partition coefficient (Wildman–Crippen LogP) is 4.62. The molecule has 3 aromatic rings. The third kappa shape index (κ3) is 5.40. The number of carbonyl (C=O) groups is 1. The van der Waals surface area contributed by atoms with E-state index >= 15 is 0 Å². The van der Waals surface area contributed by atoms with E-state index in [0.29, 0.717) is 5.56 Å². The molecule has 0 aliphatic heterocycles. The summed E-state index contributed by atoms with van der Waals surface area (Å²) in [5.74, 6) is -0.164. The van der Waals surface area contributed by atoms with Crippen molar-refractivity contribution in [1.82, 2.24) is 9.62 Å². The highest BCUT2D eigenvalue weighted by atomic mass is 32.2. The molecular weight excluding hydrogens is 408 g/mol. The molecule has 31 heavy (non-hydrogen) atoms. The van der Waals surface area contributed by atoms with Gasteiger partial charge in [-0.2, -0.15) is 4.31 Å². The van der Waals surface area contributed by atoms with Crippen LogP contribution in [-0.2, 0) is 16.6 Å². The Hall–Kier alpha value is -2.96. The lowest BCUT2D eigenvalue weighted by molar-refractivity contribution is 0.0940. The molecule has 1 N–H and O–H groups in total. The molecule has 1 unspecified atom stereocenters. The molecule has 1 atom stereocenters. The molecule has 0 radical (unpaired) electrons. The van der Waals surface area contributed by atoms with Crippen LogP contribution < -0.4 is 5.32 Å². The highest BCUT2D eigenvalue weighted by Crippen LogP contribution is 2.19. The summed E-state index contributed by atoms with van der Waals surface area (Å²) >= 11 is 0. The number of nitrogens with zero attached hydrogens (tertiary/aromatic N) is 1. The largest absolute Gasteiger partial charge is 0.346 e. The van der Waals surface area contributed by atoms with Gasteiger partial charge in [0.2, 0.25) is 10.0 Å². The Morgan fingerprint density at radius 1 is 0.935 bits per heavy atom. The van der Waals surface area contributed by atoms with Gasteiger partial charge in [-0.05, 0) is 67.3 Å². The summed E-state index contributed by atoms with van der Waals surface area (Å²) in [6.07, 6.45) is 0. The Labute approximate surface area is 184 Å².